The van der Waals surface area contributed by atoms with Crippen LogP contribution in [0.25, 0.3) is 0 Å². The number of benzene rings is 1. The molecule has 0 radical (unpaired) electrons. The van der Waals surface area contributed by atoms with Crippen molar-refractivity contribution in [3.8, 4) is 0 Å². The fourth-order valence-corrected chi connectivity index (χ4v) is 2.34. The Morgan fingerprint density at radius 3 is 2.15 bits per heavy atom. The third-order valence-electron chi connectivity index (χ3n) is 4.02. The first-order valence-corrected chi connectivity index (χ1v) is 7.76. The van der Waals surface area contributed by atoms with Crippen molar-refractivity contribution in [1.29, 1.82) is 0 Å². The molecule has 3 unspecified atom stereocenters. The second-order valence-electron chi connectivity index (χ2n) is 5.47. The van der Waals surface area contributed by atoms with Gasteiger partial charge in [-0.25, -0.2) is 0 Å². The summed E-state index contributed by atoms with van der Waals surface area (Å²) in [6.07, 6.45) is 2.21. The topological polar surface area (TPSA) is 52.5 Å². The first-order chi connectivity index (χ1) is 9.63. The lowest BCUT2D eigenvalue weighted by Crippen LogP contribution is -2.35. The van der Waals surface area contributed by atoms with Gasteiger partial charge in [-0.2, -0.15) is 0 Å². The van der Waals surface area contributed by atoms with Crippen LogP contribution in [0.4, 0.5) is 0 Å². The Bertz CT molecular complexity index is 364. The van der Waals surface area contributed by atoms with E-state index < -0.39 is 6.10 Å². The van der Waals surface area contributed by atoms with Crippen LogP contribution < -0.4 is 5.32 Å². The van der Waals surface area contributed by atoms with E-state index in [0.29, 0.717) is 5.92 Å². The van der Waals surface area contributed by atoms with Crippen molar-refractivity contribution in [3.63, 3.8) is 0 Å². The maximum absolute atomic E-state index is 10.4. The van der Waals surface area contributed by atoms with Crippen molar-refractivity contribution in [1.82, 2.24) is 5.32 Å². The van der Waals surface area contributed by atoms with E-state index in [0.717, 1.165) is 31.4 Å². The quantitative estimate of drug-likeness (QED) is 0.609. The number of rotatable bonds is 9. The third-order valence-corrected chi connectivity index (χ3v) is 4.02. The van der Waals surface area contributed by atoms with E-state index in [4.69, 9.17) is 5.11 Å². The summed E-state index contributed by atoms with van der Waals surface area (Å²) in [5.41, 5.74) is 2.28. The van der Waals surface area contributed by atoms with Gasteiger partial charge in [0.1, 0.15) is 0 Å². The molecule has 20 heavy (non-hydrogen) atoms. The van der Waals surface area contributed by atoms with E-state index in [2.05, 4.69) is 38.2 Å². The Morgan fingerprint density at radius 1 is 1.05 bits per heavy atom. The highest BCUT2D eigenvalue weighted by atomic mass is 16.3. The molecule has 114 valence electrons. The molecular weight excluding hydrogens is 250 g/mol. The Morgan fingerprint density at radius 2 is 1.65 bits per heavy atom. The van der Waals surface area contributed by atoms with E-state index in [-0.39, 0.29) is 12.6 Å². The van der Waals surface area contributed by atoms with Crippen molar-refractivity contribution < 1.29 is 10.2 Å². The molecular formula is C17H29NO2. The van der Waals surface area contributed by atoms with Gasteiger partial charge in [0.2, 0.25) is 0 Å². The SMILES string of the molecule is CCC(C)c1ccc(C(O)C(CC)NCCCO)cc1. The number of aliphatic hydroxyl groups is 2. The zero-order valence-corrected chi connectivity index (χ0v) is 13.0. The molecule has 0 saturated carbocycles. The van der Waals surface area contributed by atoms with E-state index in [9.17, 15) is 5.11 Å². The normalized spacial score (nSPS) is 15.8. The van der Waals surface area contributed by atoms with Crippen LogP contribution in [0, 0.1) is 0 Å². The third kappa shape index (κ3) is 4.89. The number of hydrogen-bond donors (Lipinski definition) is 3. The molecule has 1 aromatic rings. The smallest absolute Gasteiger partial charge is 0.0942 e. The van der Waals surface area contributed by atoms with Gasteiger partial charge in [0, 0.05) is 12.6 Å². The minimum absolute atomic E-state index is 0.0380. The van der Waals surface area contributed by atoms with Crippen molar-refractivity contribution in [3.05, 3.63) is 35.4 Å². The zero-order chi connectivity index (χ0) is 15.0. The molecule has 3 nitrogen and oxygen atoms in total. The molecule has 1 rings (SSSR count). The minimum atomic E-state index is -0.496. The van der Waals surface area contributed by atoms with Crippen LogP contribution in [0.3, 0.4) is 0 Å². The van der Waals surface area contributed by atoms with Gasteiger partial charge in [-0.3, -0.25) is 0 Å². The van der Waals surface area contributed by atoms with Gasteiger partial charge in [0.25, 0.3) is 0 Å². The maximum Gasteiger partial charge on any atom is 0.0942 e. The van der Waals surface area contributed by atoms with Crippen LogP contribution in [-0.4, -0.2) is 29.4 Å². The Balaban J connectivity index is 2.66. The number of aliphatic hydroxyl groups excluding tert-OH is 2. The first-order valence-electron chi connectivity index (χ1n) is 7.76. The van der Waals surface area contributed by atoms with Crippen molar-refractivity contribution in [2.45, 2.75) is 58.1 Å². The highest BCUT2D eigenvalue weighted by Crippen LogP contribution is 2.23. The molecule has 3 heteroatoms. The van der Waals surface area contributed by atoms with E-state index >= 15 is 0 Å². The van der Waals surface area contributed by atoms with Crippen LogP contribution >= 0.6 is 0 Å². The summed E-state index contributed by atoms with van der Waals surface area (Å²) in [5, 5.41) is 22.6. The lowest BCUT2D eigenvalue weighted by Gasteiger charge is -2.23. The van der Waals surface area contributed by atoms with Gasteiger partial charge < -0.3 is 15.5 Å². The molecule has 1 aromatic carbocycles. The van der Waals surface area contributed by atoms with Gasteiger partial charge in [-0.1, -0.05) is 45.0 Å². The molecule has 3 atom stereocenters. The van der Waals surface area contributed by atoms with E-state index in [1.54, 1.807) is 0 Å². The summed E-state index contributed by atoms with van der Waals surface area (Å²) in [4.78, 5) is 0. The van der Waals surface area contributed by atoms with Crippen LogP contribution in [0.5, 0.6) is 0 Å². The lowest BCUT2D eigenvalue weighted by atomic mass is 9.94. The summed E-state index contributed by atoms with van der Waals surface area (Å²) in [6.45, 7) is 7.38. The second kappa shape index (κ2) is 9.11. The van der Waals surface area contributed by atoms with Crippen LogP contribution in [-0.2, 0) is 0 Å². The molecule has 0 aromatic heterocycles. The van der Waals surface area contributed by atoms with Gasteiger partial charge in [-0.05, 0) is 42.9 Å². The van der Waals surface area contributed by atoms with Crippen LogP contribution in [0.1, 0.15) is 63.2 Å². The molecule has 0 bridgehead atoms. The fraction of sp³-hybridized carbons (Fsp3) is 0.647. The second-order valence-corrected chi connectivity index (χ2v) is 5.47. The monoisotopic (exact) mass is 279 g/mol. The van der Waals surface area contributed by atoms with E-state index in [1.165, 1.54) is 5.56 Å². The zero-order valence-electron chi connectivity index (χ0n) is 13.0. The first kappa shape index (κ1) is 17.2. The fourth-order valence-electron chi connectivity index (χ4n) is 2.34. The Kier molecular flexibility index (Phi) is 7.82. The lowest BCUT2D eigenvalue weighted by molar-refractivity contribution is 0.124. The van der Waals surface area contributed by atoms with Gasteiger partial charge >= 0.3 is 0 Å². The Hall–Kier alpha value is -0.900. The molecule has 0 spiro atoms. The highest BCUT2D eigenvalue weighted by molar-refractivity contribution is 5.27. The molecule has 0 fully saturated rings. The average Bonchev–Trinajstić information content (AvgIpc) is 2.50. The van der Waals surface area contributed by atoms with Crippen LogP contribution in [0.15, 0.2) is 24.3 Å². The predicted octanol–water partition coefficient (Wildman–Crippen LogP) is 2.98. The van der Waals surface area contributed by atoms with Gasteiger partial charge in [0.05, 0.1) is 6.10 Å². The highest BCUT2D eigenvalue weighted by Gasteiger charge is 2.18. The summed E-state index contributed by atoms with van der Waals surface area (Å²) < 4.78 is 0. The molecule has 0 aliphatic rings. The standard InChI is InChI=1S/C17H29NO2/c1-4-13(3)14-7-9-15(10-8-14)17(20)16(5-2)18-11-6-12-19/h7-10,13,16-20H,4-6,11-12H2,1-3H3. The van der Waals surface area contributed by atoms with Gasteiger partial charge in [0.15, 0.2) is 0 Å². The maximum atomic E-state index is 10.4. The number of nitrogens with one attached hydrogen (secondary N) is 1. The van der Waals surface area contributed by atoms with Gasteiger partial charge in [-0.15, -0.1) is 0 Å². The van der Waals surface area contributed by atoms with Crippen molar-refractivity contribution in [2.24, 2.45) is 0 Å². The number of hydrogen-bond acceptors (Lipinski definition) is 3. The Labute approximate surface area is 123 Å². The van der Waals surface area contributed by atoms with Crippen LogP contribution in [0.2, 0.25) is 0 Å². The minimum Gasteiger partial charge on any atom is -0.396 e. The summed E-state index contributed by atoms with van der Waals surface area (Å²) in [7, 11) is 0. The summed E-state index contributed by atoms with van der Waals surface area (Å²) in [6, 6.07) is 8.33. The predicted molar refractivity (Wildman–Crippen MR) is 83.9 cm³/mol. The largest absolute Gasteiger partial charge is 0.396 e. The summed E-state index contributed by atoms with van der Waals surface area (Å²) in [5.74, 6) is 0.561. The molecule has 3 N–H and O–H groups in total. The molecule has 0 aliphatic heterocycles. The summed E-state index contributed by atoms with van der Waals surface area (Å²) >= 11 is 0. The van der Waals surface area contributed by atoms with E-state index in [1.807, 2.05) is 12.1 Å². The van der Waals surface area contributed by atoms with Crippen molar-refractivity contribution in [2.75, 3.05) is 13.2 Å². The molecule has 0 saturated heterocycles. The average molecular weight is 279 g/mol. The molecule has 0 aliphatic carbocycles. The van der Waals surface area contributed by atoms with Crippen molar-refractivity contribution >= 4 is 0 Å². The molecule has 0 amide bonds. The molecule has 0 heterocycles.